The van der Waals surface area contributed by atoms with Crippen molar-refractivity contribution >= 4 is 18.9 Å². The molecule has 8 heteroatoms. The summed E-state index contributed by atoms with van der Waals surface area (Å²) in [4.78, 5) is 25.9. The number of amides is 2. The van der Waals surface area contributed by atoms with Crippen molar-refractivity contribution in [2.75, 3.05) is 7.11 Å². The van der Waals surface area contributed by atoms with Crippen molar-refractivity contribution in [3.05, 3.63) is 65.7 Å². The average molecular weight is 426 g/mol. The van der Waals surface area contributed by atoms with E-state index in [2.05, 4.69) is 10.6 Å². The molecule has 31 heavy (non-hydrogen) atoms. The van der Waals surface area contributed by atoms with Gasteiger partial charge in [-0.3, -0.25) is 9.59 Å². The van der Waals surface area contributed by atoms with Crippen LogP contribution < -0.4 is 15.4 Å². The van der Waals surface area contributed by atoms with Crippen LogP contribution >= 0.6 is 0 Å². The molecule has 0 fully saturated rings. The Hall–Kier alpha value is -2.84. The molecule has 0 aliphatic heterocycles. The molecule has 2 aromatic carbocycles. The Morgan fingerprint density at radius 3 is 2.29 bits per heavy atom. The zero-order chi connectivity index (χ0) is 22.8. The van der Waals surface area contributed by atoms with E-state index in [1.165, 1.54) is 0 Å². The van der Waals surface area contributed by atoms with Crippen molar-refractivity contribution in [1.29, 1.82) is 0 Å². The van der Waals surface area contributed by atoms with E-state index in [1.54, 1.807) is 7.11 Å². The number of nitrogens with one attached hydrogen (secondary N) is 2. The van der Waals surface area contributed by atoms with Gasteiger partial charge in [-0.15, -0.1) is 0 Å². The summed E-state index contributed by atoms with van der Waals surface area (Å²) in [5.74, 6) is -2.01. The predicted octanol–water partition coefficient (Wildman–Crippen LogP) is 1.71. The summed E-state index contributed by atoms with van der Waals surface area (Å²) >= 11 is 0. The largest absolute Gasteiger partial charge is 0.497 e. The van der Waals surface area contributed by atoms with E-state index in [1.807, 2.05) is 68.4 Å². The number of carbonyl (C=O) groups excluding carboxylic acids is 2. The van der Waals surface area contributed by atoms with Gasteiger partial charge in [0.25, 0.3) is 0 Å². The van der Waals surface area contributed by atoms with Gasteiger partial charge in [0.05, 0.1) is 13.1 Å². The summed E-state index contributed by atoms with van der Waals surface area (Å²) in [5.41, 5.74) is 1.68. The van der Waals surface area contributed by atoms with E-state index < -0.39 is 30.8 Å². The first-order chi connectivity index (χ1) is 14.8. The van der Waals surface area contributed by atoms with Crippen LogP contribution in [0.2, 0.25) is 0 Å². The van der Waals surface area contributed by atoms with Gasteiger partial charge in [-0.2, -0.15) is 0 Å². The highest BCUT2D eigenvalue weighted by Gasteiger charge is 2.32. The number of hydrogen-bond donors (Lipinski definition) is 4. The van der Waals surface area contributed by atoms with Crippen LogP contribution in [0.5, 0.6) is 5.75 Å². The van der Waals surface area contributed by atoms with Gasteiger partial charge in [-0.05, 0) is 42.0 Å². The maximum Gasteiger partial charge on any atom is 0.475 e. The zero-order valence-corrected chi connectivity index (χ0v) is 18.2. The molecule has 0 aromatic heterocycles. The highest BCUT2D eigenvalue weighted by Crippen LogP contribution is 2.15. The summed E-state index contributed by atoms with van der Waals surface area (Å²) in [5, 5.41) is 24.8. The van der Waals surface area contributed by atoms with E-state index in [9.17, 15) is 19.6 Å². The molecular weight excluding hydrogens is 395 g/mol. The van der Waals surface area contributed by atoms with Crippen LogP contribution in [0.25, 0.3) is 0 Å². The summed E-state index contributed by atoms with van der Waals surface area (Å²) in [6.45, 7) is 4.08. The van der Waals surface area contributed by atoms with Gasteiger partial charge >= 0.3 is 7.12 Å². The fourth-order valence-electron chi connectivity index (χ4n) is 3.30. The van der Waals surface area contributed by atoms with Gasteiger partial charge in [0, 0.05) is 6.54 Å². The Bertz CT molecular complexity index is 845. The molecule has 7 nitrogen and oxygen atoms in total. The first-order valence-corrected chi connectivity index (χ1v) is 10.4. The Kier molecular flexibility index (Phi) is 9.56. The van der Waals surface area contributed by atoms with Crippen molar-refractivity contribution in [2.45, 2.75) is 39.2 Å². The second kappa shape index (κ2) is 12.1. The van der Waals surface area contributed by atoms with Crippen LogP contribution in [-0.2, 0) is 22.6 Å². The molecule has 0 bridgehead atoms. The fourth-order valence-corrected chi connectivity index (χ4v) is 3.30. The molecule has 0 saturated heterocycles. The second-order valence-corrected chi connectivity index (χ2v) is 7.97. The number of benzene rings is 2. The lowest BCUT2D eigenvalue weighted by Gasteiger charge is -2.23. The topological polar surface area (TPSA) is 108 Å². The van der Waals surface area contributed by atoms with E-state index in [0.29, 0.717) is 12.2 Å². The molecule has 0 radical (unpaired) electrons. The standard InChI is InChI=1S/C23H31BN2O5/c1-16(2)12-21(24(29)30)26-23(28)20(14-17-8-5-4-6-9-17)22(27)25-15-18-10-7-11-19(13-18)31-3/h4-11,13,16,20-21,29-30H,12,14-15H2,1-3H3,(H,25,27)(H,26,28). The highest BCUT2D eigenvalue weighted by atomic mass is 16.5. The molecule has 4 N–H and O–H groups in total. The van der Waals surface area contributed by atoms with Crippen molar-refractivity contribution in [1.82, 2.24) is 10.6 Å². The molecule has 0 saturated carbocycles. The Balaban J connectivity index is 2.14. The molecule has 0 aliphatic carbocycles. The van der Waals surface area contributed by atoms with E-state index in [-0.39, 0.29) is 18.9 Å². The summed E-state index contributed by atoms with van der Waals surface area (Å²) in [6, 6.07) is 16.6. The number of rotatable bonds is 11. The van der Waals surface area contributed by atoms with Gasteiger partial charge in [0.2, 0.25) is 11.8 Å². The fraction of sp³-hybridized carbons (Fsp3) is 0.391. The van der Waals surface area contributed by atoms with E-state index >= 15 is 0 Å². The molecule has 2 unspecified atom stereocenters. The van der Waals surface area contributed by atoms with Crippen LogP contribution in [0.4, 0.5) is 0 Å². The molecule has 2 aromatic rings. The minimum absolute atomic E-state index is 0.140. The molecule has 2 rings (SSSR count). The van der Waals surface area contributed by atoms with Crippen LogP contribution in [0.1, 0.15) is 31.4 Å². The van der Waals surface area contributed by atoms with Gasteiger partial charge in [0.1, 0.15) is 11.7 Å². The van der Waals surface area contributed by atoms with E-state index in [4.69, 9.17) is 4.74 Å². The number of hydrogen-bond acceptors (Lipinski definition) is 5. The molecule has 0 aliphatic rings. The van der Waals surface area contributed by atoms with Crippen LogP contribution in [-0.4, -0.2) is 42.0 Å². The summed E-state index contributed by atoms with van der Waals surface area (Å²) in [7, 11) is -0.135. The Morgan fingerprint density at radius 2 is 1.68 bits per heavy atom. The Labute approximate surface area is 184 Å². The van der Waals surface area contributed by atoms with Crippen molar-refractivity contribution in [3.8, 4) is 5.75 Å². The highest BCUT2D eigenvalue weighted by molar-refractivity contribution is 6.43. The number of ether oxygens (including phenoxy) is 1. The van der Waals surface area contributed by atoms with Crippen molar-refractivity contribution in [2.24, 2.45) is 11.8 Å². The van der Waals surface area contributed by atoms with Gasteiger partial charge in [-0.1, -0.05) is 56.3 Å². The minimum Gasteiger partial charge on any atom is -0.497 e. The lowest BCUT2D eigenvalue weighted by atomic mass is 9.74. The third kappa shape index (κ3) is 8.07. The van der Waals surface area contributed by atoms with Crippen molar-refractivity contribution in [3.63, 3.8) is 0 Å². The molecule has 2 amide bonds. The van der Waals surface area contributed by atoms with Gasteiger partial charge in [-0.25, -0.2) is 0 Å². The first-order valence-electron chi connectivity index (χ1n) is 10.4. The molecule has 166 valence electrons. The van der Waals surface area contributed by atoms with Gasteiger partial charge < -0.3 is 25.4 Å². The number of carbonyl (C=O) groups is 2. The molecule has 2 atom stereocenters. The number of methoxy groups -OCH3 is 1. The lowest BCUT2D eigenvalue weighted by molar-refractivity contribution is -0.135. The van der Waals surface area contributed by atoms with Crippen molar-refractivity contribution < 1.29 is 24.4 Å². The van der Waals surface area contributed by atoms with E-state index in [0.717, 1.165) is 11.1 Å². The normalized spacial score (nSPS) is 12.7. The quantitative estimate of drug-likeness (QED) is 0.323. The summed E-state index contributed by atoms with van der Waals surface area (Å²) < 4.78 is 5.20. The van der Waals surface area contributed by atoms with Crippen LogP contribution in [0.15, 0.2) is 54.6 Å². The Morgan fingerprint density at radius 1 is 1.00 bits per heavy atom. The smallest absolute Gasteiger partial charge is 0.475 e. The monoisotopic (exact) mass is 426 g/mol. The van der Waals surface area contributed by atoms with Crippen LogP contribution in [0, 0.1) is 11.8 Å². The lowest BCUT2D eigenvalue weighted by Crippen LogP contribution is -2.51. The van der Waals surface area contributed by atoms with Gasteiger partial charge in [0.15, 0.2) is 0 Å². The minimum atomic E-state index is -1.71. The zero-order valence-electron chi connectivity index (χ0n) is 18.2. The maximum absolute atomic E-state index is 13.0. The molecular formula is C23H31BN2O5. The third-order valence-corrected chi connectivity index (χ3v) is 4.93. The molecule has 0 spiro atoms. The summed E-state index contributed by atoms with van der Waals surface area (Å²) in [6.07, 6.45) is 0.583. The SMILES string of the molecule is COc1cccc(CNC(=O)C(Cc2ccccc2)C(=O)NC(CC(C)C)B(O)O)c1. The maximum atomic E-state index is 13.0. The molecule has 0 heterocycles. The average Bonchev–Trinajstić information content (AvgIpc) is 2.75. The predicted molar refractivity (Wildman–Crippen MR) is 120 cm³/mol. The van der Waals surface area contributed by atoms with Crippen LogP contribution in [0.3, 0.4) is 0 Å². The third-order valence-electron chi connectivity index (χ3n) is 4.93. The second-order valence-electron chi connectivity index (χ2n) is 7.97. The first kappa shape index (κ1) is 24.4.